The molecule has 1 aliphatic rings. The van der Waals surface area contributed by atoms with Gasteiger partial charge >= 0.3 is 6.03 Å². The number of nitrogens with one attached hydrogen (secondary N) is 1. The van der Waals surface area contributed by atoms with E-state index >= 15 is 0 Å². The number of imide groups is 1. The number of carbonyl (C=O) groups is 2. The zero-order valence-corrected chi connectivity index (χ0v) is 13.1. The third kappa shape index (κ3) is 4.34. The molecule has 118 valence electrons. The average Bonchev–Trinajstić information content (AvgIpc) is 2.49. The summed E-state index contributed by atoms with van der Waals surface area (Å²) in [6.07, 6.45) is 6.89. The molecule has 0 aromatic rings. The molecule has 1 aliphatic heterocycles. The summed E-state index contributed by atoms with van der Waals surface area (Å²) in [7, 11) is 2.89. The van der Waals surface area contributed by atoms with Gasteiger partial charge in [0.1, 0.15) is 0 Å². The van der Waals surface area contributed by atoms with Gasteiger partial charge in [0.15, 0.2) is 0 Å². The van der Waals surface area contributed by atoms with Crippen LogP contribution in [0.2, 0.25) is 0 Å². The molecule has 0 aromatic carbocycles. The Morgan fingerprint density at radius 2 is 1.67 bits per heavy atom. The maximum atomic E-state index is 11.9. The normalized spacial score (nSPS) is 21.3. The molecule has 0 radical (unpaired) electrons. The minimum absolute atomic E-state index is 0.284. The second-order valence-corrected chi connectivity index (χ2v) is 5.33. The predicted octanol–water partition coefficient (Wildman–Crippen LogP) is 0.485. The SMILES string of the molecule is CCCCCCCC[NH+]=C1C(N=O)C(=O)N(C)C(=O)N1C. The standard InChI is InChI=1S/C14H24N4O3/c1-4-5-6-7-8-9-10-15-12-11(16-21)13(19)18(3)14(20)17(12)2/h11H,4-10H2,1-3H3/p+1. The third-order valence-electron chi connectivity index (χ3n) is 3.70. The van der Waals surface area contributed by atoms with Crippen LogP contribution in [0.1, 0.15) is 45.4 Å². The minimum Gasteiger partial charge on any atom is -0.275 e. The summed E-state index contributed by atoms with van der Waals surface area (Å²) >= 11 is 0. The lowest BCUT2D eigenvalue weighted by molar-refractivity contribution is -0.464. The summed E-state index contributed by atoms with van der Waals surface area (Å²) in [6, 6.07) is -1.61. The summed E-state index contributed by atoms with van der Waals surface area (Å²) in [6.45, 7) is 2.80. The van der Waals surface area contributed by atoms with Crippen LogP contribution in [0.5, 0.6) is 0 Å². The van der Waals surface area contributed by atoms with Crippen molar-refractivity contribution in [2.24, 2.45) is 5.18 Å². The van der Waals surface area contributed by atoms with E-state index in [1.165, 1.54) is 44.7 Å². The second kappa shape index (κ2) is 8.49. The van der Waals surface area contributed by atoms with Gasteiger partial charge in [-0.05, 0) is 18.0 Å². The first-order valence-corrected chi connectivity index (χ1v) is 7.53. The smallest absolute Gasteiger partial charge is 0.275 e. The zero-order chi connectivity index (χ0) is 15.8. The number of hydrogen-bond acceptors (Lipinski definition) is 4. The first-order valence-electron chi connectivity index (χ1n) is 7.53. The molecular formula is C14H25N4O3+. The van der Waals surface area contributed by atoms with Crippen molar-refractivity contribution in [3.63, 3.8) is 0 Å². The lowest BCUT2D eigenvalue weighted by Gasteiger charge is -2.26. The lowest BCUT2D eigenvalue weighted by atomic mass is 10.1. The third-order valence-corrected chi connectivity index (χ3v) is 3.70. The van der Waals surface area contributed by atoms with Crippen LogP contribution in [0.4, 0.5) is 4.79 Å². The fraction of sp³-hybridized carbons (Fsp3) is 0.786. The number of rotatable bonds is 8. The number of carbonyl (C=O) groups excluding carboxylic acids is 2. The van der Waals surface area contributed by atoms with Gasteiger partial charge in [-0.25, -0.2) is 9.69 Å². The molecule has 21 heavy (non-hydrogen) atoms. The minimum atomic E-state index is -1.15. The van der Waals surface area contributed by atoms with Crippen LogP contribution in [0.25, 0.3) is 0 Å². The van der Waals surface area contributed by atoms with Gasteiger partial charge in [-0.2, -0.15) is 4.90 Å². The van der Waals surface area contributed by atoms with Crippen LogP contribution in [0, 0.1) is 4.91 Å². The van der Waals surface area contributed by atoms with Gasteiger partial charge in [-0.3, -0.25) is 9.79 Å². The van der Waals surface area contributed by atoms with E-state index in [0.717, 1.165) is 17.7 Å². The predicted molar refractivity (Wildman–Crippen MR) is 79.7 cm³/mol. The summed E-state index contributed by atoms with van der Waals surface area (Å²) in [5.41, 5.74) is 0. The van der Waals surface area contributed by atoms with E-state index in [9.17, 15) is 14.5 Å². The molecule has 0 aliphatic carbocycles. The van der Waals surface area contributed by atoms with E-state index in [4.69, 9.17) is 0 Å². The van der Waals surface area contributed by atoms with E-state index < -0.39 is 18.0 Å². The number of nitroso groups, excluding NO2 is 1. The molecule has 1 saturated heterocycles. The fourth-order valence-corrected chi connectivity index (χ4v) is 2.34. The van der Waals surface area contributed by atoms with Crippen LogP contribution in [-0.2, 0) is 4.79 Å². The van der Waals surface area contributed by atoms with Crippen molar-refractivity contribution in [3.05, 3.63) is 4.91 Å². The van der Waals surface area contributed by atoms with Crippen LogP contribution in [0.15, 0.2) is 5.18 Å². The number of urea groups is 1. The van der Waals surface area contributed by atoms with E-state index in [-0.39, 0.29) is 5.84 Å². The number of amides is 3. The molecule has 1 unspecified atom stereocenters. The van der Waals surface area contributed by atoms with Crippen molar-refractivity contribution in [2.75, 3.05) is 20.6 Å². The highest BCUT2D eigenvalue weighted by molar-refractivity contribution is 6.18. The van der Waals surface area contributed by atoms with Crippen molar-refractivity contribution in [2.45, 2.75) is 51.5 Å². The zero-order valence-electron chi connectivity index (χ0n) is 13.1. The maximum absolute atomic E-state index is 11.9. The van der Waals surface area contributed by atoms with Gasteiger partial charge < -0.3 is 0 Å². The molecule has 7 nitrogen and oxygen atoms in total. The molecule has 0 spiro atoms. The Balaban J connectivity index is 2.57. The molecule has 1 fully saturated rings. The van der Waals surface area contributed by atoms with Gasteiger partial charge in [-0.1, -0.05) is 32.6 Å². The largest absolute Gasteiger partial charge is 0.417 e. The Morgan fingerprint density at radius 3 is 2.29 bits per heavy atom. The Labute approximate surface area is 125 Å². The average molecular weight is 297 g/mol. The number of likely N-dealkylation sites (N-methyl/N-ethyl adjacent to an activating group) is 2. The van der Waals surface area contributed by atoms with E-state index in [2.05, 4.69) is 17.1 Å². The molecule has 0 aromatic heterocycles. The number of hydrogen-bond donors (Lipinski definition) is 1. The molecule has 1 atom stereocenters. The van der Waals surface area contributed by atoms with Gasteiger partial charge in [0.2, 0.25) is 0 Å². The van der Waals surface area contributed by atoms with Crippen molar-refractivity contribution < 1.29 is 14.6 Å². The highest BCUT2D eigenvalue weighted by Gasteiger charge is 2.47. The highest BCUT2D eigenvalue weighted by Crippen LogP contribution is 2.10. The van der Waals surface area contributed by atoms with Crippen LogP contribution >= 0.6 is 0 Å². The molecule has 1 N–H and O–H groups in total. The van der Waals surface area contributed by atoms with Crippen molar-refractivity contribution in [1.82, 2.24) is 9.80 Å². The van der Waals surface area contributed by atoms with E-state index in [1.54, 1.807) is 0 Å². The summed E-state index contributed by atoms with van der Waals surface area (Å²) in [4.78, 5) is 39.8. The first-order chi connectivity index (χ1) is 10.0. The van der Waals surface area contributed by atoms with Crippen molar-refractivity contribution in [1.29, 1.82) is 0 Å². The molecule has 1 heterocycles. The van der Waals surface area contributed by atoms with Crippen LogP contribution < -0.4 is 4.99 Å². The second-order valence-electron chi connectivity index (χ2n) is 5.33. The number of nitrogens with zero attached hydrogens (tertiary/aromatic N) is 3. The first kappa shape index (κ1) is 17.3. The van der Waals surface area contributed by atoms with Gasteiger partial charge in [0, 0.05) is 7.05 Å². The highest BCUT2D eigenvalue weighted by atomic mass is 16.3. The van der Waals surface area contributed by atoms with Crippen molar-refractivity contribution in [3.8, 4) is 0 Å². The maximum Gasteiger partial charge on any atom is 0.417 e. The fourth-order valence-electron chi connectivity index (χ4n) is 2.34. The Morgan fingerprint density at radius 1 is 1.05 bits per heavy atom. The van der Waals surface area contributed by atoms with Crippen LogP contribution in [-0.4, -0.2) is 54.3 Å². The van der Waals surface area contributed by atoms with E-state index in [0.29, 0.717) is 6.54 Å². The number of amidine groups is 1. The monoisotopic (exact) mass is 297 g/mol. The lowest BCUT2D eigenvalue weighted by Crippen LogP contribution is -2.82. The topological polar surface area (TPSA) is 84.0 Å². The van der Waals surface area contributed by atoms with Gasteiger partial charge in [-0.15, -0.1) is 4.91 Å². The van der Waals surface area contributed by atoms with E-state index in [1.807, 2.05) is 0 Å². The molecule has 0 saturated carbocycles. The summed E-state index contributed by atoms with van der Waals surface area (Å²) in [5, 5.41) is 2.85. The molecule has 7 heteroatoms. The molecule has 1 rings (SSSR count). The molecule has 3 amide bonds. The molecular weight excluding hydrogens is 272 g/mol. The quantitative estimate of drug-likeness (QED) is 0.522. The Bertz CT molecular complexity index is 422. The van der Waals surface area contributed by atoms with Gasteiger partial charge in [0.25, 0.3) is 17.8 Å². The van der Waals surface area contributed by atoms with Gasteiger partial charge in [0.05, 0.1) is 13.6 Å². The summed E-state index contributed by atoms with van der Waals surface area (Å²) < 4.78 is 0. The van der Waals surface area contributed by atoms with Crippen molar-refractivity contribution >= 4 is 17.8 Å². The Hall–Kier alpha value is -1.79. The Kier molecular flexibility index (Phi) is 6.98. The molecule has 0 bridgehead atoms. The summed E-state index contributed by atoms with van der Waals surface area (Å²) in [5.74, 6) is -0.301. The number of unbranched alkanes of at least 4 members (excludes halogenated alkanes) is 5. The van der Waals surface area contributed by atoms with Crippen LogP contribution in [0.3, 0.4) is 0 Å².